The van der Waals surface area contributed by atoms with Crippen LogP contribution in [0, 0.1) is 0 Å². The van der Waals surface area contributed by atoms with Gasteiger partial charge in [-0.25, -0.2) is 4.99 Å². The van der Waals surface area contributed by atoms with E-state index >= 15 is 0 Å². The smallest absolute Gasteiger partial charge is 0.216 e. The van der Waals surface area contributed by atoms with E-state index in [4.69, 9.17) is 10.5 Å². The van der Waals surface area contributed by atoms with Gasteiger partial charge in [-0.3, -0.25) is 0 Å². The molecule has 0 fully saturated rings. The van der Waals surface area contributed by atoms with E-state index in [0.717, 1.165) is 36.8 Å². The highest BCUT2D eigenvalue weighted by Crippen LogP contribution is 2.14. The van der Waals surface area contributed by atoms with Crippen molar-refractivity contribution < 1.29 is 4.74 Å². The van der Waals surface area contributed by atoms with E-state index < -0.39 is 0 Å². The molecule has 0 saturated carbocycles. The van der Waals surface area contributed by atoms with E-state index in [-0.39, 0.29) is 18.4 Å². The minimum Gasteiger partial charge on any atom is -0.475 e. The van der Waals surface area contributed by atoms with Crippen molar-refractivity contribution in [2.45, 2.75) is 19.9 Å². The highest BCUT2D eigenvalue weighted by molar-refractivity contribution is 5.95. The molecule has 0 amide bonds. The molecule has 0 aromatic heterocycles. The summed E-state index contributed by atoms with van der Waals surface area (Å²) in [6, 6.07) is 7.90. The summed E-state index contributed by atoms with van der Waals surface area (Å²) < 4.78 is 5.66. The summed E-state index contributed by atoms with van der Waals surface area (Å²) in [6.45, 7) is 8.09. The number of nitrogens with zero attached hydrogens (tertiary/aromatic N) is 2. The Labute approximate surface area is 121 Å². The SMILES string of the molecule is CCN(CC)C[C@@H]1COC(c2ccc(N)cc2)=N1.Cl. The number of nitrogen functional groups attached to an aromatic ring is 1. The van der Waals surface area contributed by atoms with E-state index in [0.29, 0.717) is 6.61 Å². The van der Waals surface area contributed by atoms with E-state index in [9.17, 15) is 0 Å². The standard InChI is InChI=1S/C14H21N3O.ClH/c1-3-17(4-2)9-13-10-18-14(16-13)11-5-7-12(15)8-6-11;/h5-8,13H,3-4,9-10,15H2,1-2H3;1H/t13-;/m1./s1. The summed E-state index contributed by atoms with van der Waals surface area (Å²) in [4.78, 5) is 7.00. The minimum absolute atomic E-state index is 0. The van der Waals surface area contributed by atoms with Crippen LogP contribution in [0.4, 0.5) is 5.69 Å². The number of aliphatic imine (C=N–C) groups is 1. The first-order chi connectivity index (χ1) is 8.72. The fourth-order valence-electron chi connectivity index (χ4n) is 2.07. The van der Waals surface area contributed by atoms with Gasteiger partial charge >= 0.3 is 0 Å². The Bertz CT molecular complexity index is 415. The first kappa shape index (κ1) is 15.8. The van der Waals surface area contributed by atoms with E-state index in [1.165, 1.54) is 0 Å². The van der Waals surface area contributed by atoms with Crippen LogP contribution < -0.4 is 5.73 Å². The molecule has 1 atom stereocenters. The van der Waals surface area contributed by atoms with Gasteiger partial charge in [0.2, 0.25) is 5.90 Å². The van der Waals surface area contributed by atoms with Gasteiger partial charge in [0.25, 0.3) is 0 Å². The van der Waals surface area contributed by atoms with Crippen LogP contribution in [-0.2, 0) is 4.74 Å². The average molecular weight is 284 g/mol. The van der Waals surface area contributed by atoms with Crippen LogP contribution in [0.15, 0.2) is 29.3 Å². The van der Waals surface area contributed by atoms with Gasteiger partial charge in [-0.05, 0) is 37.4 Å². The maximum atomic E-state index is 5.67. The lowest BCUT2D eigenvalue weighted by molar-refractivity contribution is 0.245. The molecular weight excluding hydrogens is 262 g/mol. The zero-order valence-corrected chi connectivity index (χ0v) is 12.3. The first-order valence-corrected chi connectivity index (χ1v) is 6.51. The number of likely N-dealkylation sites (N-methyl/N-ethyl adjacent to an activating group) is 1. The highest BCUT2D eigenvalue weighted by Gasteiger charge is 2.21. The Kier molecular flexibility index (Phi) is 6.12. The third-order valence-corrected chi connectivity index (χ3v) is 3.23. The molecule has 0 bridgehead atoms. The lowest BCUT2D eigenvalue weighted by Crippen LogP contribution is -2.31. The first-order valence-electron chi connectivity index (χ1n) is 6.51. The quantitative estimate of drug-likeness (QED) is 0.843. The lowest BCUT2D eigenvalue weighted by atomic mass is 10.2. The van der Waals surface area contributed by atoms with E-state index in [1.807, 2.05) is 24.3 Å². The van der Waals surface area contributed by atoms with Crippen LogP contribution in [0.25, 0.3) is 0 Å². The van der Waals surface area contributed by atoms with E-state index in [2.05, 4.69) is 23.7 Å². The molecule has 1 aliphatic heterocycles. The van der Waals surface area contributed by atoms with Gasteiger partial charge in [-0.15, -0.1) is 12.4 Å². The molecule has 1 aromatic rings. The molecule has 0 saturated heterocycles. The van der Waals surface area contributed by atoms with Gasteiger partial charge in [0.05, 0.1) is 0 Å². The predicted octanol–water partition coefficient (Wildman–Crippen LogP) is 2.18. The molecule has 19 heavy (non-hydrogen) atoms. The summed E-state index contributed by atoms with van der Waals surface area (Å²) in [5, 5.41) is 0. The monoisotopic (exact) mass is 283 g/mol. The molecule has 0 spiro atoms. The third-order valence-electron chi connectivity index (χ3n) is 3.23. The third kappa shape index (κ3) is 4.11. The normalized spacial score (nSPS) is 17.8. The topological polar surface area (TPSA) is 50.9 Å². The summed E-state index contributed by atoms with van der Waals surface area (Å²) in [5.74, 6) is 0.743. The zero-order chi connectivity index (χ0) is 13.0. The second kappa shape index (κ2) is 7.36. The Morgan fingerprint density at radius 1 is 1.26 bits per heavy atom. The van der Waals surface area contributed by atoms with Gasteiger partial charge in [0, 0.05) is 17.8 Å². The van der Waals surface area contributed by atoms with Crippen LogP contribution in [0.5, 0.6) is 0 Å². The van der Waals surface area contributed by atoms with Crippen molar-refractivity contribution in [3.8, 4) is 0 Å². The Morgan fingerprint density at radius 2 is 1.89 bits per heavy atom. The number of hydrogen-bond acceptors (Lipinski definition) is 4. The van der Waals surface area contributed by atoms with Crippen molar-refractivity contribution in [1.82, 2.24) is 4.90 Å². The molecule has 0 radical (unpaired) electrons. The number of nitrogens with two attached hydrogens (primary N) is 1. The van der Waals surface area contributed by atoms with Crippen LogP contribution in [0.2, 0.25) is 0 Å². The molecule has 5 heteroatoms. The minimum atomic E-state index is 0. The second-order valence-electron chi connectivity index (χ2n) is 4.51. The largest absolute Gasteiger partial charge is 0.475 e. The van der Waals surface area contributed by atoms with Crippen molar-refractivity contribution in [3.05, 3.63) is 29.8 Å². The zero-order valence-electron chi connectivity index (χ0n) is 11.5. The molecule has 2 rings (SSSR count). The van der Waals surface area contributed by atoms with Gasteiger partial charge in [-0.2, -0.15) is 0 Å². The number of rotatable bonds is 5. The van der Waals surface area contributed by atoms with Crippen molar-refractivity contribution in [1.29, 1.82) is 0 Å². The summed E-state index contributed by atoms with van der Waals surface area (Å²) in [5.41, 5.74) is 7.43. The molecule has 1 aromatic carbocycles. The molecule has 1 heterocycles. The Balaban J connectivity index is 0.00000180. The van der Waals surface area contributed by atoms with Crippen LogP contribution in [0.3, 0.4) is 0 Å². The van der Waals surface area contributed by atoms with Crippen LogP contribution in [-0.4, -0.2) is 43.1 Å². The summed E-state index contributed by atoms with van der Waals surface area (Å²) in [7, 11) is 0. The van der Waals surface area contributed by atoms with Gasteiger partial charge in [0.15, 0.2) is 0 Å². The maximum absolute atomic E-state index is 5.67. The fraction of sp³-hybridized carbons (Fsp3) is 0.500. The fourth-order valence-corrected chi connectivity index (χ4v) is 2.07. The number of benzene rings is 1. The van der Waals surface area contributed by atoms with Gasteiger partial charge in [0.1, 0.15) is 12.6 Å². The molecule has 1 aliphatic rings. The number of ether oxygens (including phenoxy) is 1. The summed E-state index contributed by atoms with van der Waals surface area (Å²) in [6.07, 6.45) is 0. The Morgan fingerprint density at radius 3 is 2.47 bits per heavy atom. The lowest BCUT2D eigenvalue weighted by Gasteiger charge is -2.19. The van der Waals surface area contributed by atoms with Crippen molar-refractivity contribution in [2.75, 3.05) is 32.0 Å². The average Bonchev–Trinajstić information content (AvgIpc) is 2.85. The number of halogens is 1. The Hall–Kier alpha value is -1.26. The predicted molar refractivity (Wildman–Crippen MR) is 82.2 cm³/mol. The number of hydrogen-bond donors (Lipinski definition) is 1. The molecule has 2 N–H and O–H groups in total. The van der Waals surface area contributed by atoms with Crippen LogP contribution in [0.1, 0.15) is 19.4 Å². The molecule has 4 nitrogen and oxygen atoms in total. The van der Waals surface area contributed by atoms with Gasteiger partial charge < -0.3 is 15.4 Å². The molecule has 106 valence electrons. The summed E-state index contributed by atoms with van der Waals surface area (Å²) >= 11 is 0. The number of anilines is 1. The van der Waals surface area contributed by atoms with Crippen molar-refractivity contribution in [2.24, 2.45) is 4.99 Å². The van der Waals surface area contributed by atoms with Crippen LogP contribution >= 0.6 is 12.4 Å². The molecule has 0 unspecified atom stereocenters. The molecular formula is C14H22ClN3O. The van der Waals surface area contributed by atoms with Crippen molar-refractivity contribution in [3.63, 3.8) is 0 Å². The second-order valence-corrected chi connectivity index (χ2v) is 4.51. The van der Waals surface area contributed by atoms with Crippen molar-refractivity contribution >= 4 is 24.0 Å². The molecule has 0 aliphatic carbocycles. The maximum Gasteiger partial charge on any atom is 0.216 e. The van der Waals surface area contributed by atoms with E-state index in [1.54, 1.807) is 0 Å². The van der Waals surface area contributed by atoms with Gasteiger partial charge in [-0.1, -0.05) is 13.8 Å². The highest BCUT2D eigenvalue weighted by atomic mass is 35.5.